The number of nitrogens with one attached hydrogen (secondary N) is 1. The fourth-order valence-electron chi connectivity index (χ4n) is 4.18. The van der Waals surface area contributed by atoms with Crippen molar-refractivity contribution < 1.29 is 9.18 Å². The number of benzene rings is 3. The molecule has 2 aromatic heterocycles. The van der Waals surface area contributed by atoms with Gasteiger partial charge in [-0.05, 0) is 59.3 Å². The summed E-state index contributed by atoms with van der Waals surface area (Å²) in [6.45, 7) is 0.496. The summed E-state index contributed by atoms with van der Waals surface area (Å²) in [4.78, 5) is 14.3. The maximum Gasteiger partial charge on any atom is 0.270 e. The Hall–Kier alpha value is -4.03. The van der Waals surface area contributed by atoms with Crippen LogP contribution in [-0.4, -0.2) is 22.2 Å². The fourth-order valence-corrected chi connectivity index (χ4v) is 4.87. The average Bonchev–Trinajstić information content (AvgIpc) is 3.59. The topological polar surface area (TPSA) is 46.9 Å². The lowest BCUT2D eigenvalue weighted by Gasteiger charge is -2.18. The van der Waals surface area contributed by atoms with Gasteiger partial charge in [0, 0.05) is 12.5 Å². The first-order valence-corrected chi connectivity index (χ1v) is 12.3. The van der Waals surface area contributed by atoms with Crippen LogP contribution in [0.1, 0.15) is 34.0 Å². The summed E-state index contributed by atoms with van der Waals surface area (Å²) in [5, 5.41) is 9.71. The maximum atomic E-state index is 13.5. The highest BCUT2D eigenvalue weighted by Crippen LogP contribution is 2.28. The van der Waals surface area contributed by atoms with Crippen LogP contribution in [0.15, 0.2) is 109 Å². The Morgan fingerprint density at radius 3 is 2.14 bits per heavy atom. The molecular weight excluding hydrogens is 457 g/mol. The van der Waals surface area contributed by atoms with E-state index in [2.05, 4.69) is 34.7 Å². The van der Waals surface area contributed by atoms with Gasteiger partial charge in [-0.15, -0.1) is 11.3 Å². The van der Waals surface area contributed by atoms with E-state index in [9.17, 15) is 9.18 Å². The molecule has 1 amide bonds. The predicted molar refractivity (Wildman–Crippen MR) is 139 cm³/mol. The molecule has 5 rings (SSSR count). The zero-order chi connectivity index (χ0) is 24.0. The zero-order valence-corrected chi connectivity index (χ0v) is 19.8. The highest BCUT2D eigenvalue weighted by atomic mass is 32.1. The monoisotopic (exact) mass is 481 g/mol. The van der Waals surface area contributed by atoms with E-state index in [1.165, 1.54) is 23.3 Å². The molecular formula is C29H24FN3OS. The molecule has 35 heavy (non-hydrogen) atoms. The first kappa shape index (κ1) is 22.7. The Labute approximate surface area is 207 Å². The summed E-state index contributed by atoms with van der Waals surface area (Å²) in [7, 11) is 0. The molecule has 3 aromatic carbocycles. The number of hydrogen-bond acceptors (Lipinski definition) is 3. The van der Waals surface area contributed by atoms with Crippen LogP contribution in [0.4, 0.5) is 4.39 Å². The smallest absolute Gasteiger partial charge is 0.270 e. The van der Waals surface area contributed by atoms with Gasteiger partial charge >= 0.3 is 0 Å². The predicted octanol–water partition coefficient (Wildman–Crippen LogP) is 6.69. The number of thiophene rings is 1. The van der Waals surface area contributed by atoms with Crippen molar-refractivity contribution in [1.82, 2.24) is 15.1 Å². The van der Waals surface area contributed by atoms with Crippen LogP contribution < -0.4 is 5.32 Å². The Bertz CT molecular complexity index is 1340. The first-order chi connectivity index (χ1) is 17.2. The minimum absolute atomic E-state index is 0.168. The number of hydrogen-bond donors (Lipinski definition) is 1. The number of rotatable bonds is 8. The largest absolute Gasteiger partial charge is 0.351 e. The van der Waals surface area contributed by atoms with Crippen LogP contribution in [0.2, 0.25) is 0 Å². The second kappa shape index (κ2) is 10.5. The summed E-state index contributed by atoms with van der Waals surface area (Å²) in [5.74, 6) is -0.385. The van der Waals surface area contributed by atoms with Gasteiger partial charge in [0.05, 0.1) is 10.6 Å². The van der Waals surface area contributed by atoms with Crippen LogP contribution >= 0.6 is 11.3 Å². The van der Waals surface area contributed by atoms with Crippen LogP contribution in [0.3, 0.4) is 0 Å². The molecule has 6 heteroatoms. The van der Waals surface area contributed by atoms with Crippen LogP contribution in [0.5, 0.6) is 0 Å². The number of amides is 1. The van der Waals surface area contributed by atoms with E-state index >= 15 is 0 Å². The minimum atomic E-state index is -0.335. The fraction of sp³-hybridized carbons (Fsp3) is 0.103. The second-order valence-corrected chi connectivity index (χ2v) is 9.15. The van der Waals surface area contributed by atoms with E-state index in [0.717, 1.165) is 11.3 Å². The summed E-state index contributed by atoms with van der Waals surface area (Å²) < 4.78 is 15.1. The molecule has 0 saturated carbocycles. The Morgan fingerprint density at radius 1 is 0.886 bits per heavy atom. The lowest BCUT2D eigenvalue weighted by atomic mass is 9.88. The van der Waals surface area contributed by atoms with Crippen molar-refractivity contribution in [2.24, 2.45) is 0 Å². The van der Waals surface area contributed by atoms with Gasteiger partial charge in [0.2, 0.25) is 0 Å². The van der Waals surface area contributed by atoms with E-state index in [0.29, 0.717) is 23.6 Å². The van der Waals surface area contributed by atoms with E-state index in [1.807, 2.05) is 53.9 Å². The second-order valence-electron chi connectivity index (χ2n) is 8.20. The normalized spacial score (nSPS) is 11.0. The van der Waals surface area contributed by atoms with E-state index in [1.54, 1.807) is 34.2 Å². The quantitative estimate of drug-likeness (QED) is 0.268. The molecule has 0 bridgehead atoms. The molecule has 0 atom stereocenters. The van der Waals surface area contributed by atoms with Crippen LogP contribution in [0.25, 0.3) is 16.3 Å². The molecule has 174 valence electrons. The van der Waals surface area contributed by atoms with Gasteiger partial charge in [-0.25, -0.2) is 9.07 Å². The number of halogens is 1. The molecule has 0 aliphatic heterocycles. The minimum Gasteiger partial charge on any atom is -0.351 e. The third-order valence-corrected chi connectivity index (χ3v) is 6.80. The molecule has 1 N–H and O–H groups in total. The highest BCUT2D eigenvalue weighted by molar-refractivity contribution is 7.13. The number of carbonyl (C=O) groups is 1. The first-order valence-electron chi connectivity index (χ1n) is 11.5. The lowest BCUT2D eigenvalue weighted by molar-refractivity contribution is 0.0945. The van der Waals surface area contributed by atoms with Crippen LogP contribution in [0, 0.1) is 5.82 Å². The van der Waals surface area contributed by atoms with Crippen LogP contribution in [-0.2, 0) is 0 Å². The number of aromatic nitrogens is 2. The zero-order valence-electron chi connectivity index (χ0n) is 19.0. The van der Waals surface area contributed by atoms with Gasteiger partial charge in [0.15, 0.2) is 0 Å². The van der Waals surface area contributed by atoms with Crippen molar-refractivity contribution in [3.8, 4) is 16.3 Å². The van der Waals surface area contributed by atoms with Crippen molar-refractivity contribution in [3.63, 3.8) is 0 Å². The average molecular weight is 482 g/mol. The molecule has 0 saturated heterocycles. The molecule has 0 aliphatic carbocycles. The molecule has 4 nitrogen and oxygen atoms in total. The van der Waals surface area contributed by atoms with Crippen molar-refractivity contribution in [1.29, 1.82) is 0 Å². The maximum absolute atomic E-state index is 13.5. The summed E-state index contributed by atoms with van der Waals surface area (Å²) in [5.41, 5.74) is 4.18. The van der Waals surface area contributed by atoms with Gasteiger partial charge < -0.3 is 5.32 Å². The van der Waals surface area contributed by atoms with Gasteiger partial charge in [-0.1, -0.05) is 66.7 Å². The Balaban J connectivity index is 1.37. The number of nitrogens with zero attached hydrogens (tertiary/aromatic N) is 2. The SMILES string of the molecule is O=C(NCCC(c1ccccc1)c1ccccc1)c1cc(-c2cccs2)nn1-c1ccc(F)cc1. The van der Waals surface area contributed by atoms with Gasteiger partial charge in [0.1, 0.15) is 17.2 Å². The molecule has 0 radical (unpaired) electrons. The van der Waals surface area contributed by atoms with Crippen molar-refractivity contribution in [3.05, 3.63) is 131 Å². The molecule has 0 unspecified atom stereocenters. The molecule has 0 aliphatic rings. The lowest BCUT2D eigenvalue weighted by Crippen LogP contribution is -2.28. The summed E-state index contributed by atoms with van der Waals surface area (Å²) >= 11 is 1.56. The van der Waals surface area contributed by atoms with E-state index in [4.69, 9.17) is 0 Å². The van der Waals surface area contributed by atoms with E-state index < -0.39 is 0 Å². The van der Waals surface area contributed by atoms with Crippen molar-refractivity contribution in [2.75, 3.05) is 6.54 Å². The van der Waals surface area contributed by atoms with Gasteiger partial charge in [-0.3, -0.25) is 4.79 Å². The molecule has 0 spiro atoms. The molecule has 0 fully saturated rings. The summed E-state index contributed by atoms with van der Waals surface area (Å²) in [6, 6.07) is 32.3. The van der Waals surface area contributed by atoms with Crippen molar-refractivity contribution >= 4 is 17.2 Å². The Kier molecular flexibility index (Phi) is 6.82. The van der Waals surface area contributed by atoms with Gasteiger partial charge in [-0.2, -0.15) is 5.10 Å². The molecule has 5 aromatic rings. The third kappa shape index (κ3) is 5.23. The highest BCUT2D eigenvalue weighted by Gasteiger charge is 2.19. The Morgan fingerprint density at radius 2 is 1.54 bits per heavy atom. The third-order valence-electron chi connectivity index (χ3n) is 5.91. The standard InChI is InChI=1S/C29H24FN3OS/c30-23-13-15-24(16-14-23)33-27(20-26(32-33)28-12-7-19-35-28)29(34)31-18-17-25(21-8-3-1-4-9-21)22-10-5-2-6-11-22/h1-16,19-20,25H,17-18H2,(H,31,34). The van der Waals surface area contributed by atoms with Gasteiger partial charge in [0.25, 0.3) is 5.91 Å². The summed E-state index contributed by atoms with van der Waals surface area (Å²) in [6.07, 6.45) is 0.752. The van der Waals surface area contributed by atoms with Crippen molar-refractivity contribution in [2.45, 2.75) is 12.3 Å². The van der Waals surface area contributed by atoms with E-state index in [-0.39, 0.29) is 17.6 Å². The number of carbonyl (C=O) groups excluding carboxylic acids is 1. The molecule has 2 heterocycles.